The van der Waals surface area contributed by atoms with Crippen LogP contribution in [0.1, 0.15) is 27.9 Å². The monoisotopic (exact) mass is 657 g/mol. The Kier molecular flexibility index (Phi) is 12.3. The minimum Gasteiger partial charge on any atom is -0.455 e. The SMILES string of the molecule is Cl.NCc1cccc(Oc2cc(Cl)ccc2N(CCCNC(=O)Cc2ccccc2F)C(=O)c2ccc(-c3ccccc3)cc2)c1. The molecule has 0 bridgehead atoms. The van der Waals surface area contributed by atoms with Gasteiger partial charge in [0.25, 0.3) is 5.91 Å². The van der Waals surface area contributed by atoms with Crippen LogP contribution in [0, 0.1) is 5.82 Å². The lowest BCUT2D eigenvalue weighted by molar-refractivity contribution is -0.120. The van der Waals surface area contributed by atoms with Crippen LogP contribution < -0.4 is 20.7 Å². The number of halogens is 3. The maximum Gasteiger partial charge on any atom is 0.258 e. The second-order valence-electron chi connectivity index (χ2n) is 10.4. The first-order valence-electron chi connectivity index (χ1n) is 14.6. The van der Waals surface area contributed by atoms with Gasteiger partial charge in [-0.1, -0.05) is 84.4 Å². The molecule has 6 nitrogen and oxygen atoms in total. The summed E-state index contributed by atoms with van der Waals surface area (Å²) in [5.74, 6) is -0.00840. The molecule has 5 aromatic carbocycles. The molecule has 46 heavy (non-hydrogen) atoms. The zero-order chi connectivity index (χ0) is 31.6. The average molecular weight is 659 g/mol. The smallest absolute Gasteiger partial charge is 0.258 e. The molecule has 2 amide bonds. The van der Waals surface area contributed by atoms with Crippen molar-refractivity contribution in [3.63, 3.8) is 0 Å². The summed E-state index contributed by atoms with van der Waals surface area (Å²) >= 11 is 6.38. The largest absolute Gasteiger partial charge is 0.455 e. The minimum absolute atomic E-state index is 0. The average Bonchev–Trinajstić information content (AvgIpc) is 3.07. The zero-order valence-corrected chi connectivity index (χ0v) is 26.6. The molecule has 5 aromatic rings. The van der Waals surface area contributed by atoms with E-state index in [1.807, 2.05) is 66.7 Å². The third kappa shape index (κ3) is 8.95. The summed E-state index contributed by atoms with van der Waals surface area (Å²) < 4.78 is 20.3. The molecule has 0 atom stereocenters. The van der Waals surface area contributed by atoms with Crippen LogP contribution >= 0.6 is 24.0 Å². The summed E-state index contributed by atoms with van der Waals surface area (Å²) in [6.45, 7) is 0.901. The van der Waals surface area contributed by atoms with E-state index in [9.17, 15) is 14.0 Å². The first-order valence-corrected chi connectivity index (χ1v) is 15.0. The molecule has 5 rings (SSSR count). The molecular weight excluding hydrogens is 624 g/mol. The van der Waals surface area contributed by atoms with Crippen LogP contribution in [0.3, 0.4) is 0 Å². The maximum atomic E-state index is 14.1. The third-order valence-corrected chi connectivity index (χ3v) is 7.48. The van der Waals surface area contributed by atoms with Crippen molar-refractivity contribution in [1.29, 1.82) is 0 Å². The Morgan fingerprint density at radius 2 is 1.54 bits per heavy atom. The number of carbonyl (C=O) groups excluding carboxylic acids is 2. The number of rotatable bonds is 12. The van der Waals surface area contributed by atoms with Gasteiger partial charge in [0.15, 0.2) is 5.75 Å². The van der Waals surface area contributed by atoms with Gasteiger partial charge in [-0.25, -0.2) is 4.39 Å². The molecule has 0 saturated heterocycles. The maximum absolute atomic E-state index is 14.1. The molecule has 0 heterocycles. The van der Waals surface area contributed by atoms with Crippen molar-refractivity contribution in [3.8, 4) is 22.6 Å². The highest BCUT2D eigenvalue weighted by Gasteiger charge is 2.22. The fraction of sp³-hybridized carbons (Fsp3) is 0.135. The van der Waals surface area contributed by atoms with Crippen LogP contribution in [-0.2, 0) is 17.8 Å². The molecule has 3 N–H and O–H groups in total. The van der Waals surface area contributed by atoms with Gasteiger partial charge < -0.3 is 20.7 Å². The van der Waals surface area contributed by atoms with Crippen LogP contribution in [0.25, 0.3) is 11.1 Å². The van der Waals surface area contributed by atoms with Crippen LogP contribution in [0.5, 0.6) is 11.5 Å². The molecule has 0 aromatic heterocycles. The summed E-state index contributed by atoms with van der Waals surface area (Å²) in [4.78, 5) is 28.2. The highest BCUT2D eigenvalue weighted by molar-refractivity contribution is 6.30. The summed E-state index contributed by atoms with van der Waals surface area (Å²) in [5, 5.41) is 3.29. The Morgan fingerprint density at radius 1 is 0.826 bits per heavy atom. The van der Waals surface area contributed by atoms with E-state index in [-0.39, 0.29) is 43.7 Å². The third-order valence-electron chi connectivity index (χ3n) is 7.25. The first kappa shape index (κ1) is 34.2. The Hall–Kier alpha value is -4.69. The fourth-order valence-electron chi connectivity index (χ4n) is 4.92. The number of anilines is 1. The van der Waals surface area contributed by atoms with Crippen molar-refractivity contribution in [2.75, 3.05) is 18.0 Å². The van der Waals surface area contributed by atoms with Gasteiger partial charge in [-0.15, -0.1) is 12.4 Å². The summed E-state index contributed by atoms with van der Waals surface area (Å²) in [6.07, 6.45) is 0.363. The van der Waals surface area contributed by atoms with E-state index < -0.39 is 5.82 Å². The van der Waals surface area contributed by atoms with Gasteiger partial charge in [0.1, 0.15) is 11.6 Å². The summed E-state index contributed by atoms with van der Waals surface area (Å²) in [5.41, 5.74) is 10.1. The number of carbonyl (C=O) groups is 2. The molecule has 9 heteroatoms. The highest BCUT2D eigenvalue weighted by Crippen LogP contribution is 2.36. The Bertz CT molecular complexity index is 1770. The highest BCUT2D eigenvalue weighted by atomic mass is 35.5. The fourth-order valence-corrected chi connectivity index (χ4v) is 5.08. The van der Waals surface area contributed by atoms with Crippen molar-refractivity contribution in [2.45, 2.75) is 19.4 Å². The van der Waals surface area contributed by atoms with Gasteiger partial charge in [0.2, 0.25) is 5.91 Å². The predicted octanol–water partition coefficient (Wildman–Crippen LogP) is 8.21. The predicted molar refractivity (Wildman–Crippen MR) is 184 cm³/mol. The number of nitrogens with one attached hydrogen (secondary N) is 1. The van der Waals surface area contributed by atoms with E-state index >= 15 is 0 Å². The normalized spacial score (nSPS) is 10.5. The number of nitrogens with two attached hydrogens (primary N) is 1. The van der Waals surface area contributed by atoms with Crippen LogP contribution in [-0.4, -0.2) is 24.9 Å². The summed E-state index contributed by atoms with van der Waals surface area (Å²) in [6, 6.07) is 36.1. The summed E-state index contributed by atoms with van der Waals surface area (Å²) in [7, 11) is 0. The molecule has 0 spiro atoms. The zero-order valence-electron chi connectivity index (χ0n) is 25.0. The van der Waals surface area contributed by atoms with E-state index in [1.54, 1.807) is 53.4 Å². The van der Waals surface area contributed by atoms with E-state index in [1.165, 1.54) is 6.07 Å². The van der Waals surface area contributed by atoms with Crippen molar-refractivity contribution >= 4 is 41.5 Å². The van der Waals surface area contributed by atoms with Crippen LogP contribution in [0.2, 0.25) is 5.02 Å². The number of benzene rings is 5. The first-order chi connectivity index (χ1) is 21.9. The number of hydrogen-bond donors (Lipinski definition) is 2. The second kappa shape index (κ2) is 16.6. The molecule has 0 fully saturated rings. The molecule has 0 unspecified atom stereocenters. The van der Waals surface area contributed by atoms with Gasteiger partial charge >= 0.3 is 0 Å². The second-order valence-corrected chi connectivity index (χ2v) is 10.9. The lowest BCUT2D eigenvalue weighted by Crippen LogP contribution is -2.35. The lowest BCUT2D eigenvalue weighted by Gasteiger charge is -2.26. The molecule has 0 aliphatic carbocycles. The molecule has 0 aliphatic heterocycles. The van der Waals surface area contributed by atoms with Gasteiger partial charge in [0, 0.05) is 36.3 Å². The number of amides is 2. The van der Waals surface area contributed by atoms with Crippen molar-refractivity contribution in [3.05, 3.63) is 149 Å². The minimum atomic E-state index is -0.421. The van der Waals surface area contributed by atoms with E-state index in [0.717, 1.165) is 16.7 Å². The van der Waals surface area contributed by atoms with Crippen molar-refractivity contribution in [1.82, 2.24) is 5.32 Å². The lowest BCUT2D eigenvalue weighted by atomic mass is 10.0. The Labute approximate surface area is 279 Å². The number of ether oxygens (including phenoxy) is 1. The van der Waals surface area contributed by atoms with Gasteiger partial charge in [-0.2, -0.15) is 0 Å². The topological polar surface area (TPSA) is 84.7 Å². The quantitative estimate of drug-likeness (QED) is 0.132. The standard InChI is InChI=1S/C37H33ClFN3O3.ClH/c38-31-18-19-34(35(24-31)45-32-12-6-8-26(22-32)25-40)42(21-7-20-41-36(43)23-30-11-4-5-13-33(30)39)37(44)29-16-14-28(15-17-29)27-9-2-1-3-10-27;/h1-6,8-19,22,24H,7,20-21,23,25,40H2,(H,41,43);1H. The molecular formula is C37H34Cl2FN3O3. The molecule has 236 valence electrons. The van der Waals surface area contributed by atoms with Gasteiger partial charge in [0.05, 0.1) is 12.1 Å². The van der Waals surface area contributed by atoms with Gasteiger partial charge in [-0.05, 0) is 71.1 Å². The number of hydrogen-bond acceptors (Lipinski definition) is 4. The van der Waals surface area contributed by atoms with E-state index in [4.69, 9.17) is 22.1 Å². The van der Waals surface area contributed by atoms with Crippen molar-refractivity contribution in [2.24, 2.45) is 5.73 Å². The van der Waals surface area contributed by atoms with Crippen LogP contribution in [0.4, 0.5) is 10.1 Å². The van der Waals surface area contributed by atoms with E-state index in [2.05, 4.69) is 5.32 Å². The molecule has 0 saturated carbocycles. The molecule has 0 radical (unpaired) electrons. The van der Waals surface area contributed by atoms with E-state index in [0.29, 0.717) is 46.3 Å². The number of nitrogens with zero attached hydrogens (tertiary/aromatic N) is 1. The molecule has 0 aliphatic rings. The van der Waals surface area contributed by atoms with Crippen molar-refractivity contribution < 1.29 is 18.7 Å². The van der Waals surface area contributed by atoms with Gasteiger partial charge in [-0.3, -0.25) is 9.59 Å². The Balaban J connectivity index is 0.00000480. The Morgan fingerprint density at radius 3 is 2.28 bits per heavy atom. The van der Waals surface area contributed by atoms with Crippen LogP contribution in [0.15, 0.2) is 121 Å².